The Morgan fingerprint density at radius 3 is 2.43 bits per heavy atom. The van der Waals surface area contributed by atoms with Gasteiger partial charge in [0.25, 0.3) is 0 Å². The van der Waals surface area contributed by atoms with Gasteiger partial charge < -0.3 is 10.0 Å². The molecule has 6 heteroatoms. The molecular formula is C24H25ClN4O. The molecule has 1 aromatic carbocycles. The van der Waals surface area contributed by atoms with E-state index in [0.717, 1.165) is 55.6 Å². The maximum Gasteiger partial charge on any atom is 0.159 e. The van der Waals surface area contributed by atoms with Crippen molar-refractivity contribution >= 4 is 17.2 Å². The Bertz CT molecular complexity index is 928. The van der Waals surface area contributed by atoms with Crippen molar-refractivity contribution in [1.82, 2.24) is 19.9 Å². The quantitative estimate of drug-likeness (QED) is 0.643. The lowest BCUT2D eigenvalue weighted by molar-refractivity contribution is -0.0254. The summed E-state index contributed by atoms with van der Waals surface area (Å²) in [6.07, 6.45) is 11.6. The van der Waals surface area contributed by atoms with Gasteiger partial charge in [-0.25, -0.2) is 9.97 Å². The first kappa shape index (κ1) is 20.7. The first-order chi connectivity index (χ1) is 14.6. The van der Waals surface area contributed by atoms with Gasteiger partial charge in [-0.3, -0.25) is 4.98 Å². The predicted molar refractivity (Wildman–Crippen MR) is 119 cm³/mol. The topological polar surface area (TPSA) is 62.1 Å². The number of halogens is 1. The van der Waals surface area contributed by atoms with E-state index in [9.17, 15) is 5.11 Å². The van der Waals surface area contributed by atoms with Gasteiger partial charge in [0.15, 0.2) is 5.82 Å². The van der Waals surface area contributed by atoms with Crippen LogP contribution in [0.15, 0.2) is 73.3 Å². The predicted octanol–water partition coefficient (Wildman–Crippen LogP) is 4.33. The molecule has 1 aliphatic heterocycles. The van der Waals surface area contributed by atoms with E-state index in [1.165, 1.54) is 0 Å². The van der Waals surface area contributed by atoms with Crippen molar-refractivity contribution in [1.29, 1.82) is 0 Å². The van der Waals surface area contributed by atoms with Crippen LogP contribution in [0.25, 0.3) is 5.57 Å². The summed E-state index contributed by atoms with van der Waals surface area (Å²) in [5.41, 5.74) is 2.19. The standard InChI is InChI=1S/C24H25ClN4O/c25-21-8-6-20(7-9-21)24(30)10-16-29(17-11-24)15-2-5-22(19-4-1-12-26-18-19)23-27-13-3-14-28-23/h1,3-9,12-14,18,30H,2,10-11,15-17H2/b22-5+. The molecule has 3 aromatic rings. The Morgan fingerprint density at radius 2 is 1.77 bits per heavy atom. The highest BCUT2D eigenvalue weighted by Gasteiger charge is 2.33. The average Bonchev–Trinajstić information content (AvgIpc) is 2.79. The van der Waals surface area contributed by atoms with Gasteiger partial charge in [-0.1, -0.05) is 35.9 Å². The molecule has 0 unspecified atom stereocenters. The number of hydrogen-bond donors (Lipinski definition) is 1. The van der Waals surface area contributed by atoms with Crippen LogP contribution >= 0.6 is 11.6 Å². The van der Waals surface area contributed by atoms with Crippen LogP contribution < -0.4 is 0 Å². The molecule has 0 spiro atoms. The molecule has 0 aliphatic carbocycles. The summed E-state index contributed by atoms with van der Waals surface area (Å²) in [6.45, 7) is 2.64. The summed E-state index contributed by atoms with van der Waals surface area (Å²) < 4.78 is 0. The maximum atomic E-state index is 11.1. The second-order valence-electron chi connectivity index (χ2n) is 7.60. The van der Waals surface area contributed by atoms with E-state index < -0.39 is 5.60 Å². The molecule has 3 heterocycles. The minimum Gasteiger partial charge on any atom is -0.385 e. The fourth-order valence-corrected chi connectivity index (χ4v) is 4.01. The zero-order valence-corrected chi connectivity index (χ0v) is 17.5. The highest BCUT2D eigenvalue weighted by atomic mass is 35.5. The summed E-state index contributed by atoms with van der Waals surface area (Å²) in [7, 11) is 0. The molecule has 30 heavy (non-hydrogen) atoms. The molecule has 0 saturated carbocycles. The molecule has 5 nitrogen and oxygen atoms in total. The molecule has 1 fully saturated rings. The Morgan fingerprint density at radius 1 is 1.03 bits per heavy atom. The van der Waals surface area contributed by atoms with Gasteiger partial charge >= 0.3 is 0 Å². The number of likely N-dealkylation sites (tertiary alicyclic amines) is 1. The van der Waals surface area contributed by atoms with Gasteiger partial charge in [-0.05, 0) is 49.1 Å². The monoisotopic (exact) mass is 420 g/mol. The Hall–Kier alpha value is -2.60. The van der Waals surface area contributed by atoms with Gasteiger partial charge in [0.05, 0.1) is 5.60 Å². The van der Waals surface area contributed by atoms with E-state index in [0.29, 0.717) is 10.8 Å². The van der Waals surface area contributed by atoms with Crippen LogP contribution in [0.4, 0.5) is 0 Å². The van der Waals surface area contributed by atoms with E-state index in [-0.39, 0.29) is 0 Å². The van der Waals surface area contributed by atoms with Crippen molar-refractivity contribution in [2.75, 3.05) is 19.6 Å². The third-order valence-corrected chi connectivity index (χ3v) is 5.89. The summed E-state index contributed by atoms with van der Waals surface area (Å²) in [5.74, 6) is 0.709. The summed E-state index contributed by atoms with van der Waals surface area (Å²) in [6, 6.07) is 13.3. The number of aliphatic hydroxyl groups is 1. The number of piperidine rings is 1. The van der Waals surface area contributed by atoms with Crippen LogP contribution in [-0.4, -0.2) is 44.6 Å². The lowest BCUT2D eigenvalue weighted by Gasteiger charge is -2.38. The molecule has 0 atom stereocenters. The van der Waals surface area contributed by atoms with Crippen molar-refractivity contribution in [3.63, 3.8) is 0 Å². The number of rotatable bonds is 6. The number of pyridine rings is 1. The van der Waals surface area contributed by atoms with Gasteiger partial charge in [0, 0.05) is 60.6 Å². The zero-order valence-electron chi connectivity index (χ0n) is 16.8. The van der Waals surface area contributed by atoms with Crippen molar-refractivity contribution in [3.8, 4) is 0 Å². The van der Waals surface area contributed by atoms with Crippen molar-refractivity contribution in [2.45, 2.75) is 24.9 Å². The fourth-order valence-electron chi connectivity index (χ4n) is 3.89. The molecule has 1 aliphatic rings. The van der Waals surface area contributed by atoms with Gasteiger partial charge in [0.1, 0.15) is 0 Å². The highest BCUT2D eigenvalue weighted by molar-refractivity contribution is 6.30. The molecule has 1 saturated heterocycles. The van der Waals surface area contributed by atoms with E-state index in [1.807, 2.05) is 48.7 Å². The van der Waals surface area contributed by atoms with Crippen molar-refractivity contribution in [3.05, 3.63) is 95.3 Å². The van der Waals surface area contributed by atoms with E-state index in [2.05, 4.69) is 25.9 Å². The molecule has 0 bridgehead atoms. The highest BCUT2D eigenvalue weighted by Crippen LogP contribution is 2.33. The van der Waals surface area contributed by atoms with Crippen LogP contribution in [0, 0.1) is 0 Å². The largest absolute Gasteiger partial charge is 0.385 e. The maximum absolute atomic E-state index is 11.1. The van der Waals surface area contributed by atoms with Gasteiger partial charge in [-0.15, -0.1) is 0 Å². The number of aromatic nitrogens is 3. The van der Waals surface area contributed by atoms with E-state index in [4.69, 9.17) is 11.6 Å². The van der Waals surface area contributed by atoms with Crippen molar-refractivity contribution < 1.29 is 5.11 Å². The van der Waals surface area contributed by atoms with Gasteiger partial charge in [-0.2, -0.15) is 0 Å². The zero-order chi connectivity index (χ0) is 20.8. The molecule has 4 rings (SSSR count). The third kappa shape index (κ3) is 4.93. The van der Waals surface area contributed by atoms with Crippen LogP contribution in [0.3, 0.4) is 0 Å². The minimum absolute atomic E-state index is 0.693. The molecular weight excluding hydrogens is 396 g/mol. The normalized spacial score (nSPS) is 17.1. The van der Waals surface area contributed by atoms with E-state index in [1.54, 1.807) is 18.6 Å². The average molecular weight is 421 g/mol. The Balaban J connectivity index is 1.39. The lowest BCUT2D eigenvalue weighted by Crippen LogP contribution is -2.42. The number of nitrogens with zero attached hydrogens (tertiary/aromatic N) is 4. The number of benzene rings is 1. The Kier molecular flexibility index (Phi) is 6.53. The summed E-state index contributed by atoms with van der Waals surface area (Å²) in [5, 5.41) is 11.8. The number of hydrogen-bond acceptors (Lipinski definition) is 5. The molecule has 0 amide bonds. The second-order valence-corrected chi connectivity index (χ2v) is 8.04. The van der Waals surface area contributed by atoms with Gasteiger partial charge in [0.2, 0.25) is 0 Å². The minimum atomic E-state index is -0.768. The lowest BCUT2D eigenvalue weighted by atomic mass is 9.84. The first-order valence-electron chi connectivity index (χ1n) is 10.2. The Labute approximate surface area is 182 Å². The van der Waals surface area contributed by atoms with Crippen LogP contribution in [0.1, 0.15) is 36.2 Å². The summed E-state index contributed by atoms with van der Waals surface area (Å²) in [4.78, 5) is 15.5. The fraction of sp³-hybridized carbons (Fsp3) is 0.292. The smallest absolute Gasteiger partial charge is 0.159 e. The second kappa shape index (κ2) is 9.47. The van der Waals surface area contributed by atoms with Crippen LogP contribution in [-0.2, 0) is 5.60 Å². The van der Waals surface area contributed by atoms with Crippen molar-refractivity contribution in [2.24, 2.45) is 0 Å². The molecule has 154 valence electrons. The molecule has 1 N–H and O–H groups in total. The first-order valence-corrected chi connectivity index (χ1v) is 10.6. The SMILES string of the molecule is OC1(c2ccc(Cl)cc2)CCN(CC/C=C(\c2cccnc2)c2ncccn2)CC1. The van der Waals surface area contributed by atoms with E-state index >= 15 is 0 Å². The molecule has 2 aromatic heterocycles. The molecule has 0 radical (unpaired) electrons. The summed E-state index contributed by atoms with van der Waals surface area (Å²) >= 11 is 5.98. The van der Waals surface area contributed by atoms with Crippen LogP contribution in [0.2, 0.25) is 5.02 Å². The third-order valence-electron chi connectivity index (χ3n) is 5.64. The van der Waals surface area contributed by atoms with Crippen LogP contribution in [0.5, 0.6) is 0 Å².